The lowest BCUT2D eigenvalue weighted by Crippen LogP contribution is -2.39. The van der Waals surface area contributed by atoms with Crippen LogP contribution in [-0.2, 0) is 4.79 Å². The molecule has 1 amide bonds. The van der Waals surface area contributed by atoms with Gasteiger partial charge in [0.05, 0.1) is 18.8 Å². The van der Waals surface area contributed by atoms with Crippen molar-refractivity contribution in [1.82, 2.24) is 4.90 Å². The molecule has 5 heteroatoms. The number of carbonyl (C=O) groups is 1. The summed E-state index contributed by atoms with van der Waals surface area (Å²) in [6, 6.07) is -0.334. The molecule has 0 radical (unpaired) electrons. The molecule has 0 unspecified atom stereocenters. The van der Waals surface area contributed by atoms with E-state index >= 15 is 0 Å². The molecule has 1 saturated heterocycles. The fourth-order valence-corrected chi connectivity index (χ4v) is 1.46. The van der Waals surface area contributed by atoms with Gasteiger partial charge in [0.15, 0.2) is 0 Å². The zero-order valence-electron chi connectivity index (χ0n) is 6.68. The first kappa shape index (κ1) is 9.44. The third kappa shape index (κ3) is 1.74. The van der Waals surface area contributed by atoms with Gasteiger partial charge < -0.3 is 20.2 Å². The first-order valence-corrected chi connectivity index (χ1v) is 3.88. The lowest BCUT2D eigenvalue weighted by atomic mass is 10.2. The molecule has 1 fully saturated rings. The van der Waals surface area contributed by atoms with Gasteiger partial charge >= 0.3 is 0 Å². The number of aliphatic hydroxyl groups is 3. The molecule has 2 atom stereocenters. The summed E-state index contributed by atoms with van der Waals surface area (Å²) < 4.78 is 0. The summed E-state index contributed by atoms with van der Waals surface area (Å²) in [5.74, 6) is -0.439. The Kier molecular flexibility index (Phi) is 3.02. The third-order valence-electron chi connectivity index (χ3n) is 2.06. The van der Waals surface area contributed by atoms with Crippen molar-refractivity contribution >= 4 is 5.91 Å². The number of rotatable bonds is 2. The molecule has 1 rings (SSSR count). The van der Waals surface area contributed by atoms with Gasteiger partial charge in [0.2, 0.25) is 5.91 Å². The number of nitrogens with zero attached hydrogens (tertiary/aromatic N) is 1. The quantitative estimate of drug-likeness (QED) is 0.450. The molecule has 0 aliphatic carbocycles. The van der Waals surface area contributed by atoms with Gasteiger partial charge in [-0.3, -0.25) is 4.79 Å². The smallest absolute Gasteiger partial charge is 0.248 e. The largest absolute Gasteiger partial charge is 0.394 e. The summed E-state index contributed by atoms with van der Waals surface area (Å²) >= 11 is 0. The number of hydrogen-bond donors (Lipinski definition) is 3. The predicted octanol–water partition coefficient (Wildman–Crippen LogP) is -2.07. The van der Waals surface area contributed by atoms with E-state index in [2.05, 4.69) is 0 Å². The summed E-state index contributed by atoms with van der Waals surface area (Å²) in [4.78, 5) is 12.3. The highest BCUT2D eigenvalue weighted by Crippen LogP contribution is 2.16. The molecule has 0 saturated carbocycles. The number of likely N-dealkylation sites (tertiary alicyclic amines) is 1. The SMILES string of the molecule is O=C(CO)N1C[C@@H](O)C[C@H]1CO. The minimum atomic E-state index is -0.572. The van der Waals surface area contributed by atoms with Crippen molar-refractivity contribution in [3.63, 3.8) is 0 Å². The van der Waals surface area contributed by atoms with E-state index in [0.717, 1.165) is 0 Å². The molecule has 12 heavy (non-hydrogen) atoms. The Bertz CT molecular complexity index is 173. The topological polar surface area (TPSA) is 81.0 Å². The van der Waals surface area contributed by atoms with Crippen LogP contribution in [0.2, 0.25) is 0 Å². The molecule has 1 aliphatic heterocycles. The van der Waals surface area contributed by atoms with Crippen molar-refractivity contribution in [1.29, 1.82) is 0 Å². The monoisotopic (exact) mass is 175 g/mol. The Morgan fingerprint density at radius 2 is 2.17 bits per heavy atom. The number of β-amino-alcohol motifs (C(OH)–C–C–N with tert-alkyl or cyclic N) is 1. The van der Waals surface area contributed by atoms with Crippen molar-refractivity contribution in [2.45, 2.75) is 18.6 Å². The van der Waals surface area contributed by atoms with Gasteiger partial charge in [0.25, 0.3) is 0 Å². The average Bonchev–Trinajstić information content (AvgIpc) is 2.45. The highest BCUT2D eigenvalue weighted by molar-refractivity contribution is 5.77. The molecule has 0 aromatic carbocycles. The van der Waals surface area contributed by atoms with Crippen molar-refractivity contribution in [3.8, 4) is 0 Å². The molecule has 3 N–H and O–H groups in total. The van der Waals surface area contributed by atoms with E-state index < -0.39 is 18.6 Å². The maximum Gasteiger partial charge on any atom is 0.248 e. The van der Waals surface area contributed by atoms with Gasteiger partial charge in [-0.05, 0) is 6.42 Å². The van der Waals surface area contributed by atoms with E-state index in [0.29, 0.717) is 6.42 Å². The standard InChI is InChI=1S/C7H13NO4/c9-3-5-1-6(11)2-8(5)7(12)4-10/h5-6,9-11H,1-4H2/t5-,6-/m0/s1. The first-order chi connectivity index (χ1) is 5.69. The van der Waals surface area contributed by atoms with Crippen molar-refractivity contribution in [3.05, 3.63) is 0 Å². The Labute approximate surface area is 70.2 Å². The normalized spacial score (nSPS) is 29.4. The molecule has 0 bridgehead atoms. The van der Waals surface area contributed by atoms with Crippen molar-refractivity contribution in [2.24, 2.45) is 0 Å². The average molecular weight is 175 g/mol. The fourth-order valence-electron chi connectivity index (χ4n) is 1.46. The van der Waals surface area contributed by atoms with E-state index in [9.17, 15) is 4.79 Å². The van der Waals surface area contributed by atoms with Crippen molar-refractivity contribution in [2.75, 3.05) is 19.8 Å². The summed E-state index contributed by atoms with van der Waals surface area (Å²) in [5, 5.41) is 26.5. The fraction of sp³-hybridized carbons (Fsp3) is 0.857. The van der Waals surface area contributed by atoms with Gasteiger partial charge in [-0.25, -0.2) is 0 Å². The van der Waals surface area contributed by atoms with E-state index in [1.54, 1.807) is 0 Å². The molecular weight excluding hydrogens is 162 g/mol. The molecular formula is C7H13NO4. The number of amides is 1. The second-order valence-electron chi connectivity index (χ2n) is 2.93. The van der Waals surface area contributed by atoms with E-state index in [1.165, 1.54) is 4.90 Å². The summed E-state index contributed by atoms with van der Waals surface area (Å²) in [5.41, 5.74) is 0. The second kappa shape index (κ2) is 3.84. The summed E-state index contributed by atoms with van der Waals surface area (Å²) in [7, 11) is 0. The van der Waals surface area contributed by atoms with Crippen molar-refractivity contribution < 1.29 is 20.1 Å². The Hall–Kier alpha value is -0.650. The van der Waals surface area contributed by atoms with E-state index in [-0.39, 0.29) is 19.2 Å². The van der Waals surface area contributed by atoms with Gasteiger partial charge in [-0.1, -0.05) is 0 Å². The van der Waals surface area contributed by atoms with Crippen LogP contribution in [0.3, 0.4) is 0 Å². The van der Waals surface area contributed by atoms with Crippen LogP contribution in [0, 0.1) is 0 Å². The van der Waals surface area contributed by atoms with Gasteiger partial charge in [-0.15, -0.1) is 0 Å². The number of carbonyl (C=O) groups excluding carboxylic acids is 1. The minimum absolute atomic E-state index is 0.164. The lowest BCUT2D eigenvalue weighted by molar-refractivity contribution is -0.135. The van der Waals surface area contributed by atoms with Crippen LogP contribution in [-0.4, -0.2) is 58.0 Å². The molecule has 1 heterocycles. The number of hydrogen-bond acceptors (Lipinski definition) is 4. The zero-order chi connectivity index (χ0) is 9.14. The molecule has 70 valence electrons. The molecule has 0 spiro atoms. The Morgan fingerprint density at radius 1 is 1.50 bits per heavy atom. The van der Waals surface area contributed by atoms with Gasteiger partial charge in [0.1, 0.15) is 6.61 Å². The predicted molar refractivity (Wildman–Crippen MR) is 40.3 cm³/mol. The van der Waals surface area contributed by atoms with Crippen LogP contribution < -0.4 is 0 Å². The summed E-state index contributed by atoms with van der Waals surface area (Å²) in [6.07, 6.45) is -0.181. The minimum Gasteiger partial charge on any atom is -0.394 e. The highest BCUT2D eigenvalue weighted by atomic mass is 16.3. The van der Waals surface area contributed by atoms with Crippen LogP contribution in [0.15, 0.2) is 0 Å². The van der Waals surface area contributed by atoms with Crippen LogP contribution in [0.1, 0.15) is 6.42 Å². The Balaban J connectivity index is 2.57. The molecule has 5 nitrogen and oxygen atoms in total. The zero-order valence-corrected chi connectivity index (χ0v) is 6.68. The summed E-state index contributed by atoms with van der Waals surface area (Å²) in [6.45, 7) is -0.517. The van der Waals surface area contributed by atoms with Crippen LogP contribution >= 0.6 is 0 Å². The van der Waals surface area contributed by atoms with E-state index in [4.69, 9.17) is 15.3 Å². The lowest BCUT2D eigenvalue weighted by Gasteiger charge is -2.21. The van der Waals surface area contributed by atoms with Crippen LogP contribution in [0.25, 0.3) is 0 Å². The molecule has 0 aromatic rings. The van der Waals surface area contributed by atoms with E-state index in [1.807, 2.05) is 0 Å². The highest BCUT2D eigenvalue weighted by Gasteiger charge is 2.32. The van der Waals surface area contributed by atoms with Gasteiger partial charge in [-0.2, -0.15) is 0 Å². The maximum absolute atomic E-state index is 11.0. The Morgan fingerprint density at radius 3 is 2.67 bits per heavy atom. The molecule has 1 aliphatic rings. The van der Waals surface area contributed by atoms with Crippen LogP contribution in [0.5, 0.6) is 0 Å². The second-order valence-corrected chi connectivity index (χ2v) is 2.93. The van der Waals surface area contributed by atoms with Crippen LogP contribution in [0.4, 0.5) is 0 Å². The van der Waals surface area contributed by atoms with Gasteiger partial charge in [0, 0.05) is 6.54 Å². The molecule has 0 aromatic heterocycles. The first-order valence-electron chi connectivity index (χ1n) is 3.88. The third-order valence-corrected chi connectivity index (χ3v) is 2.06. The maximum atomic E-state index is 11.0. The number of aliphatic hydroxyl groups excluding tert-OH is 3.